The first-order valence-corrected chi connectivity index (χ1v) is 8.76. The Morgan fingerprint density at radius 3 is 2.81 bits per heavy atom. The van der Waals surface area contributed by atoms with E-state index >= 15 is 0 Å². The average Bonchev–Trinajstić information content (AvgIpc) is 2.62. The van der Waals surface area contributed by atoms with Gasteiger partial charge >= 0.3 is 0 Å². The van der Waals surface area contributed by atoms with Gasteiger partial charge in [0.05, 0.1) is 17.1 Å². The van der Waals surface area contributed by atoms with Gasteiger partial charge in [0, 0.05) is 17.8 Å². The summed E-state index contributed by atoms with van der Waals surface area (Å²) < 4.78 is 5.53. The lowest BCUT2D eigenvalue weighted by molar-refractivity contribution is -0.118. The third kappa shape index (κ3) is 3.65. The Bertz CT molecular complexity index is 867. The molecule has 1 aromatic carbocycles. The molecular formula is C19H20ClN3O3. The van der Waals surface area contributed by atoms with Crippen LogP contribution in [0.15, 0.2) is 30.5 Å². The van der Waals surface area contributed by atoms with Gasteiger partial charge in [-0.3, -0.25) is 9.59 Å². The van der Waals surface area contributed by atoms with E-state index in [2.05, 4.69) is 10.3 Å². The van der Waals surface area contributed by atoms with E-state index in [0.717, 1.165) is 5.56 Å². The number of hydrogen-bond acceptors (Lipinski definition) is 4. The highest BCUT2D eigenvalue weighted by Gasteiger charge is 2.27. The number of fused-ring (bicyclic) bond motifs is 1. The van der Waals surface area contributed by atoms with E-state index < -0.39 is 0 Å². The van der Waals surface area contributed by atoms with Gasteiger partial charge in [0.15, 0.2) is 0 Å². The maximum Gasteiger partial charge on any atom is 0.260 e. The molecule has 0 spiro atoms. The summed E-state index contributed by atoms with van der Waals surface area (Å²) in [6.07, 6.45) is 1.70. The number of ether oxygens (including phenoxy) is 1. The van der Waals surface area contributed by atoms with Crippen molar-refractivity contribution in [3.8, 4) is 5.88 Å². The Kier molecular flexibility index (Phi) is 5.13. The molecule has 2 heterocycles. The second kappa shape index (κ2) is 7.33. The van der Waals surface area contributed by atoms with E-state index in [4.69, 9.17) is 16.3 Å². The van der Waals surface area contributed by atoms with E-state index in [-0.39, 0.29) is 17.7 Å². The highest BCUT2D eigenvalue weighted by molar-refractivity contribution is 6.34. The van der Waals surface area contributed by atoms with Crippen LogP contribution in [0.25, 0.3) is 0 Å². The van der Waals surface area contributed by atoms with Crippen LogP contribution >= 0.6 is 11.6 Å². The topological polar surface area (TPSA) is 71.5 Å². The van der Waals surface area contributed by atoms with E-state index in [1.54, 1.807) is 43.1 Å². The number of carbonyl (C=O) groups excluding carboxylic acids is 2. The first-order chi connectivity index (χ1) is 12.4. The number of benzene rings is 1. The molecule has 2 amide bonds. The average molecular weight is 374 g/mol. The van der Waals surface area contributed by atoms with E-state index in [1.807, 2.05) is 13.0 Å². The molecule has 0 radical (unpaired) electrons. The maximum absolute atomic E-state index is 13.1. The highest BCUT2D eigenvalue weighted by Crippen LogP contribution is 2.32. The molecule has 0 unspecified atom stereocenters. The number of carbonyl (C=O) groups is 2. The number of amides is 2. The fraction of sp³-hybridized carbons (Fsp3) is 0.316. The molecule has 0 saturated heterocycles. The summed E-state index contributed by atoms with van der Waals surface area (Å²) in [6, 6.07) is 6.75. The summed E-state index contributed by atoms with van der Waals surface area (Å²) >= 11 is 6.26. The van der Waals surface area contributed by atoms with Crippen LogP contribution in [0, 0.1) is 12.8 Å². The summed E-state index contributed by atoms with van der Waals surface area (Å²) in [5.74, 6) is -0.115. The van der Waals surface area contributed by atoms with Gasteiger partial charge in [-0.05, 0) is 36.8 Å². The number of hydrogen-bond donors (Lipinski definition) is 1. The van der Waals surface area contributed by atoms with Gasteiger partial charge in [-0.25, -0.2) is 4.98 Å². The molecule has 1 N–H and O–H groups in total. The van der Waals surface area contributed by atoms with Crippen molar-refractivity contribution < 1.29 is 14.3 Å². The number of anilines is 2. The van der Waals surface area contributed by atoms with Gasteiger partial charge in [-0.15, -0.1) is 0 Å². The third-order valence-electron chi connectivity index (χ3n) is 4.05. The molecule has 3 rings (SSSR count). The minimum absolute atomic E-state index is 0.123. The number of rotatable bonds is 3. The molecule has 26 heavy (non-hydrogen) atoms. The molecule has 136 valence electrons. The smallest absolute Gasteiger partial charge is 0.260 e. The molecule has 1 aromatic heterocycles. The lowest BCUT2D eigenvalue weighted by Gasteiger charge is -2.29. The lowest BCUT2D eigenvalue weighted by Crippen LogP contribution is -2.38. The van der Waals surface area contributed by atoms with Gasteiger partial charge in [0.1, 0.15) is 12.3 Å². The summed E-state index contributed by atoms with van der Waals surface area (Å²) in [7, 11) is 0. The molecule has 0 saturated carbocycles. The van der Waals surface area contributed by atoms with Crippen molar-refractivity contribution >= 4 is 34.8 Å². The number of nitrogens with one attached hydrogen (secondary N) is 1. The van der Waals surface area contributed by atoms with Crippen molar-refractivity contribution in [3.05, 3.63) is 46.6 Å². The van der Waals surface area contributed by atoms with Gasteiger partial charge in [0.25, 0.3) is 5.91 Å². The molecule has 0 atom stereocenters. The number of nitrogens with zero attached hydrogens (tertiary/aromatic N) is 2. The number of aromatic nitrogens is 1. The van der Waals surface area contributed by atoms with Crippen molar-refractivity contribution in [2.24, 2.45) is 5.92 Å². The van der Waals surface area contributed by atoms with Crippen LogP contribution in [0.3, 0.4) is 0 Å². The van der Waals surface area contributed by atoms with E-state index in [9.17, 15) is 9.59 Å². The van der Waals surface area contributed by atoms with Crippen molar-refractivity contribution in [2.45, 2.75) is 20.8 Å². The van der Waals surface area contributed by atoms with Crippen LogP contribution in [0.5, 0.6) is 5.88 Å². The largest absolute Gasteiger partial charge is 0.474 e. The summed E-state index contributed by atoms with van der Waals surface area (Å²) in [5.41, 5.74) is 2.40. The number of halogens is 1. The summed E-state index contributed by atoms with van der Waals surface area (Å²) in [6.45, 7) is 6.26. The van der Waals surface area contributed by atoms with Crippen LogP contribution in [-0.4, -0.2) is 29.9 Å². The predicted octanol–water partition coefficient (Wildman–Crippen LogP) is 3.68. The Balaban J connectivity index is 1.94. The fourth-order valence-corrected chi connectivity index (χ4v) is 2.81. The van der Waals surface area contributed by atoms with Gasteiger partial charge in [-0.2, -0.15) is 0 Å². The minimum Gasteiger partial charge on any atom is -0.474 e. The van der Waals surface area contributed by atoms with E-state index in [0.29, 0.717) is 41.0 Å². The van der Waals surface area contributed by atoms with Gasteiger partial charge < -0.3 is 15.0 Å². The molecule has 0 fully saturated rings. The van der Waals surface area contributed by atoms with Crippen LogP contribution in [-0.2, 0) is 4.79 Å². The minimum atomic E-state index is -0.257. The normalized spacial score (nSPS) is 13.2. The first kappa shape index (κ1) is 18.2. The zero-order chi connectivity index (χ0) is 18.8. The Hall–Kier alpha value is -2.60. The van der Waals surface area contributed by atoms with Crippen molar-refractivity contribution in [2.75, 3.05) is 23.4 Å². The standard InChI is InChI=1S/C19H20ClN3O3/c1-11(2)17(24)22-13-4-5-15(20)14(9-13)19(25)23-6-7-26-18-16(23)8-12(3)10-21-18/h4-5,8-11H,6-7H2,1-3H3,(H,22,24). The molecule has 0 bridgehead atoms. The van der Waals surface area contributed by atoms with E-state index in [1.165, 1.54) is 0 Å². The molecule has 7 heteroatoms. The molecule has 6 nitrogen and oxygen atoms in total. The maximum atomic E-state index is 13.1. The zero-order valence-electron chi connectivity index (χ0n) is 14.9. The lowest BCUT2D eigenvalue weighted by atomic mass is 10.1. The summed E-state index contributed by atoms with van der Waals surface area (Å²) in [5, 5.41) is 3.11. The van der Waals surface area contributed by atoms with Crippen LogP contribution < -0.4 is 15.0 Å². The zero-order valence-corrected chi connectivity index (χ0v) is 15.6. The van der Waals surface area contributed by atoms with Gasteiger partial charge in [0.2, 0.25) is 11.8 Å². The Morgan fingerprint density at radius 2 is 2.08 bits per heavy atom. The van der Waals surface area contributed by atoms with Crippen LogP contribution in [0.1, 0.15) is 29.8 Å². The second-order valence-corrected chi connectivity index (χ2v) is 6.89. The second-order valence-electron chi connectivity index (χ2n) is 6.48. The van der Waals surface area contributed by atoms with Crippen molar-refractivity contribution in [3.63, 3.8) is 0 Å². The SMILES string of the molecule is Cc1cnc2c(c1)N(C(=O)c1cc(NC(=O)C(C)C)ccc1Cl)CCO2. The van der Waals surface area contributed by atoms with Gasteiger partial charge in [-0.1, -0.05) is 25.4 Å². The third-order valence-corrected chi connectivity index (χ3v) is 4.38. The molecule has 1 aliphatic heterocycles. The fourth-order valence-electron chi connectivity index (χ4n) is 2.61. The Labute approximate surface area is 157 Å². The molecule has 1 aliphatic rings. The summed E-state index contributed by atoms with van der Waals surface area (Å²) in [4.78, 5) is 30.9. The van der Waals surface area contributed by atoms with Crippen molar-refractivity contribution in [1.29, 1.82) is 0 Å². The van der Waals surface area contributed by atoms with Crippen molar-refractivity contribution in [1.82, 2.24) is 4.98 Å². The molecular weight excluding hydrogens is 354 g/mol. The quantitative estimate of drug-likeness (QED) is 0.890. The predicted molar refractivity (Wildman–Crippen MR) is 101 cm³/mol. The number of pyridine rings is 1. The molecule has 2 aromatic rings. The number of aryl methyl sites for hydroxylation is 1. The Morgan fingerprint density at radius 1 is 1.31 bits per heavy atom. The van der Waals surface area contributed by atoms with Crippen LogP contribution in [0.2, 0.25) is 5.02 Å². The molecule has 0 aliphatic carbocycles. The highest BCUT2D eigenvalue weighted by atomic mass is 35.5. The monoisotopic (exact) mass is 373 g/mol. The van der Waals surface area contributed by atoms with Crippen LogP contribution in [0.4, 0.5) is 11.4 Å². The first-order valence-electron chi connectivity index (χ1n) is 8.38.